The molecule has 26 heavy (non-hydrogen) atoms. The van der Waals surface area contributed by atoms with Crippen molar-refractivity contribution in [2.24, 2.45) is 16.7 Å². The molecule has 0 unspecified atom stereocenters. The monoisotopic (exact) mass is 356 g/mol. The maximum Gasteiger partial charge on any atom is 0.164 e. The van der Waals surface area contributed by atoms with Crippen LogP contribution in [0.15, 0.2) is 17.7 Å². The summed E-state index contributed by atoms with van der Waals surface area (Å²) in [6.07, 6.45) is 8.60. The first-order valence-electron chi connectivity index (χ1n) is 9.91. The van der Waals surface area contributed by atoms with E-state index in [1.54, 1.807) is 14.2 Å². The zero-order chi connectivity index (χ0) is 18.7. The second-order valence-electron chi connectivity index (χ2n) is 9.49. The lowest BCUT2D eigenvalue weighted by molar-refractivity contribution is -0.0516. The summed E-state index contributed by atoms with van der Waals surface area (Å²) in [5.41, 5.74) is 2.98. The summed E-state index contributed by atoms with van der Waals surface area (Å²) in [6, 6.07) is 4.04. The van der Waals surface area contributed by atoms with Crippen molar-refractivity contribution in [3.05, 3.63) is 23.3 Å². The van der Waals surface area contributed by atoms with Crippen LogP contribution >= 0.6 is 0 Å². The van der Waals surface area contributed by atoms with E-state index in [9.17, 15) is 0 Å². The first kappa shape index (κ1) is 17.8. The molecule has 3 heteroatoms. The van der Waals surface area contributed by atoms with Gasteiger partial charge in [0, 0.05) is 11.6 Å². The van der Waals surface area contributed by atoms with Gasteiger partial charge in [-0.2, -0.15) is 0 Å². The first-order valence-corrected chi connectivity index (χ1v) is 9.91. The number of hydrogen-bond donors (Lipinski definition) is 0. The first-order chi connectivity index (χ1) is 12.2. The summed E-state index contributed by atoms with van der Waals surface area (Å²) < 4.78 is 17.6. The third kappa shape index (κ3) is 2.39. The minimum Gasteiger partial charge on any atom is -0.493 e. The molecule has 142 valence electrons. The molecule has 0 N–H and O–H groups in total. The van der Waals surface area contributed by atoms with Crippen molar-refractivity contribution in [2.45, 2.75) is 65.4 Å². The van der Waals surface area contributed by atoms with E-state index in [1.165, 1.54) is 31.3 Å². The molecule has 0 aromatic heterocycles. The summed E-state index contributed by atoms with van der Waals surface area (Å²) in [5, 5.41) is 0. The lowest BCUT2D eigenvalue weighted by atomic mass is 9.47. The highest BCUT2D eigenvalue weighted by molar-refractivity contribution is 5.70. The summed E-state index contributed by atoms with van der Waals surface area (Å²) >= 11 is 0. The van der Waals surface area contributed by atoms with E-state index in [2.05, 4.69) is 39.8 Å². The maximum absolute atomic E-state index is 6.64. The molecule has 2 saturated carbocycles. The fourth-order valence-corrected chi connectivity index (χ4v) is 6.21. The van der Waals surface area contributed by atoms with Crippen LogP contribution < -0.4 is 14.2 Å². The van der Waals surface area contributed by atoms with Gasteiger partial charge in [0.15, 0.2) is 11.5 Å². The Kier molecular flexibility index (Phi) is 3.88. The van der Waals surface area contributed by atoms with Crippen molar-refractivity contribution in [3.63, 3.8) is 0 Å². The van der Waals surface area contributed by atoms with Crippen molar-refractivity contribution >= 4 is 6.08 Å². The summed E-state index contributed by atoms with van der Waals surface area (Å²) in [5.74, 6) is 3.11. The number of methoxy groups -OCH3 is 2. The van der Waals surface area contributed by atoms with Gasteiger partial charge in [0.1, 0.15) is 11.4 Å². The fraction of sp³-hybridized carbons (Fsp3) is 0.652. The molecule has 1 aliphatic heterocycles. The van der Waals surface area contributed by atoms with E-state index in [1.807, 2.05) is 6.07 Å². The van der Waals surface area contributed by atoms with Gasteiger partial charge < -0.3 is 14.2 Å². The average molecular weight is 357 g/mol. The summed E-state index contributed by atoms with van der Waals surface area (Å²) in [7, 11) is 3.36. The molecule has 4 rings (SSSR count). The minimum atomic E-state index is -0.217. The van der Waals surface area contributed by atoms with Crippen LogP contribution in [0, 0.1) is 16.7 Å². The largest absolute Gasteiger partial charge is 0.493 e. The molecule has 2 fully saturated rings. The van der Waals surface area contributed by atoms with Crippen LogP contribution in [0.25, 0.3) is 6.08 Å². The Morgan fingerprint density at radius 3 is 2.35 bits per heavy atom. The Morgan fingerprint density at radius 1 is 0.962 bits per heavy atom. The van der Waals surface area contributed by atoms with E-state index < -0.39 is 0 Å². The van der Waals surface area contributed by atoms with Crippen molar-refractivity contribution in [3.8, 4) is 17.2 Å². The zero-order valence-corrected chi connectivity index (χ0v) is 17.1. The van der Waals surface area contributed by atoms with Gasteiger partial charge in [-0.1, -0.05) is 27.2 Å². The lowest BCUT2D eigenvalue weighted by Crippen LogP contribution is -2.55. The highest BCUT2D eigenvalue weighted by Gasteiger charge is 2.57. The predicted octanol–water partition coefficient (Wildman–Crippen LogP) is 5.86. The minimum absolute atomic E-state index is 0.208. The SMILES string of the molecule is COc1cc2c(cc1OC)O[C@]1(C)CC[C@H]3C(C)(C)CCC[C@]3(C)C1=C2. The van der Waals surface area contributed by atoms with Crippen LogP contribution in [0.4, 0.5) is 0 Å². The van der Waals surface area contributed by atoms with Crippen LogP contribution in [0.2, 0.25) is 0 Å². The molecule has 1 aromatic rings. The molecule has 0 bridgehead atoms. The van der Waals surface area contributed by atoms with Gasteiger partial charge in [-0.05, 0) is 67.1 Å². The van der Waals surface area contributed by atoms with Gasteiger partial charge in [0.05, 0.1) is 14.2 Å². The third-order valence-corrected chi connectivity index (χ3v) is 7.48. The molecule has 0 radical (unpaired) electrons. The lowest BCUT2D eigenvalue weighted by Gasteiger charge is -2.60. The molecule has 3 aliphatic rings. The quantitative estimate of drug-likeness (QED) is 0.664. The summed E-state index contributed by atoms with van der Waals surface area (Å²) in [6.45, 7) is 9.69. The molecule has 1 heterocycles. The van der Waals surface area contributed by atoms with Gasteiger partial charge in [-0.25, -0.2) is 0 Å². The van der Waals surface area contributed by atoms with Crippen LogP contribution in [0.1, 0.15) is 65.4 Å². The number of benzene rings is 1. The van der Waals surface area contributed by atoms with E-state index >= 15 is 0 Å². The Labute approximate surface area is 157 Å². The Morgan fingerprint density at radius 2 is 1.65 bits per heavy atom. The normalized spacial score (nSPS) is 34.5. The van der Waals surface area contributed by atoms with Crippen molar-refractivity contribution in [1.82, 2.24) is 0 Å². The van der Waals surface area contributed by atoms with E-state index in [4.69, 9.17) is 14.2 Å². The number of ether oxygens (including phenoxy) is 3. The number of hydrogen-bond acceptors (Lipinski definition) is 3. The van der Waals surface area contributed by atoms with Gasteiger partial charge in [-0.3, -0.25) is 0 Å². The predicted molar refractivity (Wildman–Crippen MR) is 105 cm³/mol. The number of rotatable bonds is 2. The van der Waals surface area contributed by atoms with Crippen LogP contribution in [-0.4, -0.2) is 19.8 Å². The van der Waals surface area contributed by atoms with Gasteiger partial charge in [-0.15, -0.1) is 0 Å². The molecule has 0 saturated heterocycles. The molecule has 0 amide bonds. The Hall–Kier alpha value is -1.64. The van der Waals surface area contributed by atoms with Crippen molar-refractivity contribution < 1.29 is 14.2 Å². The Balaban J connectivity index is 1.86. The standard InChI is InChI=1S/C23H32O3/c1-21(2)9-7-10-22(3)19(21)8-11-23(4)20(22)13-15-12-17(24-5)18(25-6)14-16(15)26-23/h12-14,19H,7-11H2,1-6H3/t19-,22-,23+/m0/s1. The number of fused-ring (bicyclic) bond motifs is 4. The molecular weight excluding hydrogens is 324 g/mol. The van der Waals surface area contributed by atoms with Crippen LogP contribution in [0.5, 0.6) is 17.2 Å². The second kappa shape index (κ2) is 5.68. The molecule has 3 nitrogen and oxygen atoms in total. The molecular formula is C23H32O3. The second-order valence-corrected chi connectivity index (χ2v) is 9.49. The fourth-order valence-electron chi connectivity index (χ4n) is 6.21. The average Bonchev–Trinajstić information content (AvgIpc) is 2.58. The van der Waals surface area contributed by atoms with E-state index in [0.717, 1.165) is 29.2 Å². The maximum atomic E-state index is 6.64. The van der Waals surface area contributed by atoms with Gasteiger partial charge >= 0.3 is 0 Å². The van der Waals surface area contributed by atoms with Crippen molar-refractivity contribution in [2.75, 3.05) is 14.2 Å². The molecule has 1 aromatic carbocycles. The smallest absolute Gasteiger partial charge is 0.164 e. The third-order valence-electron chi connectivity index (χ3n) is 7.48. The summed E-state index contributed by atoms with van der Waals surface area (Å²) in [4.78, 5) is 0. The molecule has 2 aliphatic carbocycles. The Bertz CT molecular complexity index is 763. The van der Waals surface area contributed by atoms with Gasteiger partial charge in [0.25, 0.3) is 0 Å². The van der Waals surface area contributed by atoms with E-state index in [0.29, 0.717) is 11.3 Å². The van der Waals surface area contributed by atoms with Crippen molar-refractivity contribution in [1.29, 1.82) is 0 Å². The highest BCUT2D eigenvalue weighted by atomic mass is 16.5. The molecule has 0 spiro atoms. The van der Waals surface area contributed by atoms with Crippen LogP contribution in [0.3, 0.4) is 0 Å². The highest BCUT2D eigenvalue weighted by Crippen LogP contribution is 2.64. The topological polar surface area (TPSA) is 27.7 Å². The van der Waals surface area contributed by atoms with Crippen LogP contribution in [-0.2, 0) is 0 Å². The van der Waals surface area contributed by atoms with Gasteiger partial charge in [0.2, 0.25) is 0 Å². The van der Waals surface area contributed by atoms with E-state index in [-0.39, 0.29) is 11.0 Å². The molecule has 3 atom stereocenters. The zero-order valence-electron chi connectivity index (χ0n) is 17.1.